The molecule has 0 radical (unpaired) electrons. The second-order valence-electron chi connectivity index (χ2n) is 4.97. The van der Waals surface area contributed by atoms with Crippen LogP contribution >= 0.6 is 22.9 Å². The summed E-state index contributed by atoms with van der Waals surface area (Å²) in [4.78, 5) is 9.83. The van der Waals surface area contributed by atoms with Crippen molar-refractivity contribution in [2.45, 2.75) is 16.3 Å². The number of nitrogens with zero attached hydrogens (tertiary/aromatic N) is 2. The molecule has 0 aliphatic carbocycles. The zero-order valence-corrected chi connectivity index (χ0v) is 15.1. The summed E-state index contributed by atoms with van der Waals surface area (Å²) in [6.07, 6.45) is 4.46. The molecular formula is C16H14ClN3O2S2. The van der Waals surface area contributed by atoms with Crippen LogP contribution < -0.4 is 5.32 Å². The van der Waals surface area contributed by atoms with Gasteiger partial charge in [-0.25, -0.2) is 13.4 Å². The monoisotopic (exact) mass is 379 g/mol. The minimum Gasteiger partial charge on any atom is -0.315 e. The Morgan fingerprint density at radius 3 is 2.71 bits per heavy atom. The van der Waals surface area contributed by atoms with Gasteiger partial charge in [-0.2, -0.15) is 0 Å². The zero-order chi connectivity index (χ0) is 17.2. The number of aromatic nitrogens is 2. The van der Waals surface area contributed by atoms with Crippen molar-refractivity contribution in [3.05, 3.63) is 59.0 Å². The molecule has 0 aliphatic rings. The van der Waals surface area contributed by atoms with Crippen molar-refractivity contribution in [1.29, 1.82) is 0 Å². The summed E-state index contributed by atoms with van der Waals surface area (Å²) in [5.41, 5.74) is 0.606. The Hall–Kier alpha value is -1.80. The molecule has 3 heterocycles. The standard InChI is InChI=1S/C16H14ClN3O2S2/c1-18-9-11-8-14(24(21,22)12-4-2-6-19-10-12)15(23-11)13-5-3-7-20-16(13)17/h2-8,10,18H,9H2,1H3. The molecule has 124 valence electrons. The Balaban J connectivity index is 2.23. The summed E-state index contributed by atoms with van der Waals surface area (Å²) in [5, 5.41) is 3.31. The van der Waals surface area contributed by atoms with Gasteiger partial charge in [0.15, 0.2) is 0 Å². The Morgan fingerprint density at radius 1 is 1.25 bits per heavy atom. The Labute approximate surface area is 149 Å². The largest absolute Gasteiger partial charge is 0.315 e. The Bertz CT molecular complexity index is 956. The topological polar surface area (TPSA) is 72.0 Å². The molecule has 0 amide bonds. The van der Waals surface area contributed by atoms with Gasteiger partial charge >= 0.3 is 0 Å². The number of hydrogen-bond donors (Lipinski definition) is 1. The van der Waals surface area contributed by atoms with Gasteiger partial charge in [-0.1, -0.05) is 11.6 Å². The lowest BCUT2D eigenvalue weighted by atomic mass is 10.2. The Morgan fingerprint density at radius 2 is 2.04 bits per heavy atom. The Kier molecular flexibility index (Phi) is 4.96. The second kappa shape index (κ2) is 6.98. The summed E-state index contributed by atoms with van der Waals surface area (Å²) in [6, 6.07) is 8.32. The molecule has 0 fully saturated rings. The van der Waals surface area contributed by atoms with Gasteiger partial charge in [0.05, 0.1) is 14.7 Å². The van der Waals surface area contributed by atoms with Gasteiger partial charge in [0.2, 0.25) is 9.84 Å². The summed E-state index contributed by atoms with van der Waals surface area (Å²) >= 11 is 7.57. The highest BCUT2D eigenvalue weighted by Gasteiger charge is 2.26. The quantitative estimate of drug-likeness (QED) is 0.688. The average Bonchev–Trinajstić information content (AvgIpc) is 3.01. The van der Waals surface area contributed by atoms with Crippen molar-refractivity contribution in [2.24, 2.45) is 0 Å². The van der Waals surface area contributed by atoms with Gasteiger partial charge in [0.1, 0.15) is 5.15 Å². The second-order valence-corrected chi connectivity index (χ2v) is 8.38. The maximum atomic E-state index is 13.0. The number of thiophene rings is 1. The summed E-state index contributed by atoms with van der Waals surface area (Å²) in [6.45, 7) is 0.568. The van der Waals surface area contributed by atoms with Crippen LogP contribution in [0.4, 0.5) is 0 Å². The smallest absolute Gasteiger partial charge is 0.209 e. The van der Waals surface area contributed by atoms with E-state index in [0.717, 1.165) is 4.88 Å². The first-order valence-electron chi connectivity index (χ1n) is 7.07. The third-order valence-corrected chi connectivity index (χ3v) is 6.70. The summed E-state index contributed by atoms with van der Waals surface area (Å²) in [5.74, 6) is 0. The molecule has 0 saturated heterocycles. The first kappa shape index (κ1) is 17.0. The van der Waals surface area contributed by atoms with Crippen molar-refractivity contribution >= 4 is 32.8 Å². The van der Waals surface area contributed by atoms with Crippen LogP contribution in [0.2, 0.25) is 5.15 Å². The van der Waals surface area contributed by atoms with E-state index >= 15 is 0 Å². The number of hydrogen-bond acceptors (Lipinski definition) is 6. The summed E-state index contributed by atoms with van der Waals surface area (Å²) in [7, 11) is -1.89. The maximum absolute atomic E-state index is 13.0. The molecule has 5 nitrogen and oxygen atoms in total. The van der Waals surface area contributed by atoms with E-state index in [-0.39, 0.29) is 14.9 Å². The number of halogens is 1. The van der Waals surface area contributed by atoms with Gasteiger partial charge in [0.25, 0.3) is 0 Å². The first-order valence-corrected chi connectivity index (χ1v) is 9.75. The van der Waals surface area contributed by atoms with Gasteiger partial charge in [-0.05, 0) is 37.4 Å². The van der Waals surface area contributed by atoms with Crippen molar-refractivity contribution in [3.8, 4) is 10.4 Å². The van der Waals surface area contributed by atoms with Crippen LogP contribution in [0, 0.1) is 0 Å². The molecule has 24 heavy (non-hydrogen) atoms. The lowest BCUT2D eigenvalue weighted by Crippen LogP contribution is -2.04. The van der Waals surface area contributed by atoms with Crippen LogP contribution in [0.3, 0.4) is 0 Å². The van der Waals surface area contributed by atoms with Crippen molar-refractivity contribution < 1.29 is 8.42 Å². The predicted octanol–water partition coefficient (Wildman–Crippen LogP) is 3.41. The highest BCUT2D eigenvalue weighted by atomic mass is 35.5. The SMILES string of the molecule is CNCc1cc(S(=O)(=O)c2cccnc2)c(-c2cccnc2Cl)s1. The molecule has 0 saturated carbocycles. The van der Waals surface area contributed by atoms with Crippen molar-refractivity contribution in [1.82, 2.24) is 15.3 Å². The van der Waals surface area contributed by atoms with Crippen molar-refractivity contribution in [2.75, 3.05) is 7.05 Å². The number of sulfone groups is 1. The molecule has 0 aliphatic heterocycles. The molecule has 0 spiro atoms. The number of rotatable bonds is 5. The molecule has 0 unspecified atom stereocenters. The lowest BCUT2D eigenvalue weighted by Gasteiger charge is -2.06. The molecule has 3 rings (SSSR count). The van der Waals surface area contributed by atoms with Crippen LogP contribution in [0.5, 0.6) is 0 Å². The predicted molar refractivity (Wildman–Crippen MR) is 95.0 cm³/mol. The van der Waals surface area contributed by atoms with E-state index in [9.17, 15) is 8.42 Å². The van der Waals surface area contributed by atoms with Crippen LogP contribution in [0.25, 0.3) is 10.4 Å². The van der Waals surface area contributed by atoms with Crippen LogP contribution in [-0.4, -0.2) is 25.4 Å². The molecule has 3 aromatic rings. The minimum absolute atomic E-state index is 0.153. The molecule has 0 aromatic carbocycles. The fourth-order valence-corrected chi connectivity index (χ4v) is 5.51. The molecule has 3 aromatic heterocycles. The fraction of sp³-hybridized carbons (Fsp3) is 0.125. The van der Waals surface area contributed by atoms with E-state index in [1.165, 1.54) is 29.8 Å². The number of pyridine rings is 2. The van der Waals surface area contributed by atoms with Gasteiger partial charge in [-0.15, -0.1) is 11.3 Å². The van der Waals surface area contributed by atoms with Crippen LogP contribution in [-0.2, 0) is 16.4 Å². The van der Waals surface area contributed by atoms with E-state index in [1.54, 1.807) is 30.5 Å². The molecule has 1 N–H and O–H groups in total. The lowest BCUT2D eigenvalue weighted by molar-refractivity contribution is 0.596. The van der Waals surface area contributed by atoms with Crippen LogP contribution in [0.15, 0.2) is 58.7 Å². The van der Waals surface area contributed by atoms with Crippen molar-refractivity contribution in [3.63, 3.8) is 0 Å². The third-order valence-electron chi connectivity index (χ3n) is 3.34. The van der Waals surface area contributed by atoms with Crippen LogP contribution in [0.1, 0.15) is 4.88 Å². The minimum atomic E-state index is -3.70. The zero-order valence-electron chi connectivity index (χ0n) is 12.7. The molecule has 8 heteroatoms. The van der Waals surface area contributed by atoms with E-state index in [2.05, 4.69) is 15.3 Å². The highest BCUT2D eigenvalue weighted by Crippen LogP contribution is 2.40. The summed E-state index contributed by atoms with van der Waals surface area (Å²) < 4.78 is 26.1. The van der Waals surface area contributed by atoms with E-state index < -0.39 is 9.84 Å². The average molecular weight is 380 g/mol. The van der Waals surface area contributed by atoms with Gasteiger partial charge in [0, 0.05) is 35.6 Å². The molecule has 0 bridgehead atoms. The van der Waals surface area contributed by atoms with Gasteiger partial charge in [-0.3, -0.25) is 4.98 Å². The highest BCUT2D eigenvalue weighted by molar-refractivity contribution is 7.91. The van der Waals surface area contributed by atoms with E-state index in [1.807, 2.05) is 7.05 Å². The number of nitrogens with one attached hydrogen (secondary N) is 1. The van der Waals surface area contributed by atoms with E-state index in [4.69, 9.17) is 11.6 Å². The van der Waals surface area contributed by atoms with E-state index in [0.29, 0.717) is 17.0 Å². The fourth-order valence-electron chi connectivity index (χ4n) is 2.26. The molecular weight excluding hydrogens is 366 g/mol. The first-order chi connectivity index (χ1) is 11.5. The maximum Gasteiger partial charge on any atom is 0.209 e. The van der Waals surface area contributed by atoms with Gasteiger partial charge < -0.3 is 5.32 Å². The molecule has 0 atom stereocenters. The normalized spacial score (nSPS) is 11.6. The third kappa shape index (κ3) is 3.21.